The molecule has 3 heterocycles. The second-order valence-corrected chi connectivity index (χ2v) is 6.84. The van der Waals surface area contributed by atoms with E-state index < -0.39 is 6.61 Å². The molecule has 0 radical (unpaired) electrons. The summed E-state index contributed by atoms with van der Waals surface area (Å²) >= 11 is 0. The van der Waals surface area contributed by atoms with Crippen LogP contribution in [0.2, 0.25) is 0 Å². The maximum atomic E-state index is 12.1. The fourth-order valence-corrected chi connectivity index (χ4v) is 3.82. The Kier molecular flexibility index (Phi) is 5.14. The van der Waals surface area contributed by atoms with Gasteiger partial charge in [-0.05, 0) is 36.3 Å². The number of alkyl halides is 2. The van der Waals surface area contributed by atoms with Crippen LogP contribution < -0.4 is 4.74 Å². The van der Waals surface area contributed by atoms with E-state index in [2.05, 4.69) is 20.8 Å². The summed E-state index contributed by atoms with van der Waals surface area (Å²) in [7, 11) is 0. The summed E-state index contributed by atoms with van der Waals surface area (Å²) in [5.41, 5.74) is 1.67. The molecule has 1 fully saturated rings. The number of ether oxygens (including phenoxy) is 3. The smallest absolute Gasteiger partial charge is 0.345 e. The van der Waals surface area contributed by atoms with Crippen LogP contribution in [0, 0.1) is 11.3 Å². The standard InChI is InChI=1S/C19H21F2N3O3/c20-19(21)25-8-5-16-3-6-24-18(27-16)4-7-23(24)15-10-14-9-13(11-22)1-2-17(14)26-12-15/h1-2,4,9,15-16,19H,3,5-8,10,12H2/t15-,16?/m1/s1. The zero-order chi connectivity index (χ0) is 18.8. The van der Waals surface area contributed by atoms with Gasteiger partial charge < -0.3 is 14.2 Å². The molecular weight excluding hydrogens is 356 g/mol. The third-order valence-electron chi connectivity index (χ3n) is 5.15. The summed E-state index contributed by atoms with van der Waals surface area (Å²) in [5.74, 6) is 1.62. The average molecular weight is 377 g/mol. The summed E-state index contributed by atoms with van der Waals surface area (Å²) < 4.78 is 40.4. The van der Waals surface area contributed by atoms with E-state index in [0.29, 0.717) is 18.6 Å². The Balaban J connectivity index is 1.36. The summed E-state index contributed by atoms with van der Waals surface area (Å²) in [4.78, 5) is 0. The third-order valence-corrected chi connectivity index (χ3v) is 5.15. The van der Waals surface area contributed by atoms with E-state index in [1.54, 1.807) is 6.07 Å². The van der Waals surface area contributed by atoms with Crippen molar-refractivity contribution in [1.82, 2.24) is 10.0 Å². The van der Waals surface area contributed by atoms with Gasteiger partial charge in [-0.2, -0.15) is 14.0 Å². The topological polar surface area (TPSA) is 58.0 Å². The van der Waals surface area contributed by atoms with Gasteiger partial charge in [0.05, 0.1) is 24.3 Å². The highest BCUT2D eigenvalue weighted by atomic mass is 19.3. The van der Waals surface area contributed by atoms with Crippen LogP contribution in [0.3, 0.4) is 0 Å². The summed E-state index contributed by atoms with van der Waals surface area (Å²) in [5, 5.41) is 13.4. The van der Waals surface area contributed by atoms with E-state index in [9.17, 15) is 8.78 Å². The first kappa shape index (κ1) is 18.0. The number of fused-ring (bicyclic) bond motifs is 2. The molecule has 0 spiro atoms. The highest BCUT2D eigenvalue weighted by Gasteiger charge is 2.37. The molecule has 144 valence electrons. The summed E-state index contributed by atoms with van der Waals surface area (Å²) in [6.07, 6.45) is 3.91. The number of rotatable bonds is 5. The fraction of sp³-hybridized carbons (Fsp3) is 0.526. The van der Waals surface area contributed by atoms with E-state index in [1.807, 2.05) is 18.2 Å². The van der Waals surface area contributed by atoms with Crippen LogP contribution in [0.5, 0.6) is 5.75 Å². The average Bonchev–Trinajstić information content (AvgIpc) is 3.10. The molecule has 1 unspecified atom stereocenters. The Morgan fingerprint density at radius 3 is 3.07 bits per heavy atom. The summed E-state index contributed by atoms with van der Waals surface area (Å²) in [6.45, 7) is -0.679. The minimum Gasteiger partial charge on any atom is -0.492 e. The van der Waals surface area contributed by atoms with Crippen LogP contribution in [0.15, 0.2) is 30.2 Å². The van der Waals surface area contributed by atoms with E-state index in [0.717, 1.165) is 43.1 Å². The number of hydrazine groups is 1. The lowest BCUT2D eigenvalue weighted by Gasteiger charge is -2.42. The van der Waals surface area contributed by atoms with E-state index in [-0.39, 0.29) is 18.8 Å². The Morgan fingerprint density at radius 1 is 1.37 bits per heavy atom. The van der Waals surface area contributed by atoms with Gasteiger partial charge in [-0.25, -0.2) is 5.01 Å². The molecule has 0 saturated carbocycles. The summed E-state index contributed by atoms with van der Waals surface area (Å²) in [6, 6.07) is 7.83. The highest BCUT2D eigenvalue weighted by Crippen LogP contribution is 2.33. The molecule has 0 N–H and O–H groups in total. The van der Waals surface area contributed by atoms with Crippen LogP contribution in [0.4, 0.5) is 8.78 Å². The van der Waals surface area contributed by atoms with Crippen LogP contribution in [-0.2, 0) is 15.9 Å². The van der Waals surface area contributed by atoms with Crippen molar-refractivity contribution in [3.63, 3.8) is 0 Å². The normalized spacial score (nSPS) is 24.5. The first-order chi connectivity index (χ1) is 13.1. The lowest BCUT2D eigenvalue weighted by Crippen LogP contribution is -2.52. The van der Waals surface area contributed by atoms with Gasteiger partial charge in [-0.15, -0.1) is 0 Å². The lowest BCUT2D eigenvalue weighted by atomic mass is 10.00. The highest BCUT2D eigenvalue weighted by molar-refractivity contribution is 5.43. The van der Waals surface area contributed by atoms with Crippen molar-refractivity contribution >= 4 is 0 Å². The Hall–Kier alpha value is -2.37. The molecule has 1 aromatic rings. The molecule has 2 atom stereocenters. The van der Waals surface area contributed by atoms with Crippen molar-refractivity contribution in [2.24, 2.45) is 0 Å². The van der Waals surface area contributed by atoms with Gasteiger partial charge in [0, 0.05) is 25.9 Å². The molecule has 0 amide bonds. The third kappa shape index (κ3) is 3.84. The van der Waals surface area contributed by atoms with Gasteiger partial charge >= 0.3 is 6.61 Å². The Labute approximate surface area is 156 Å². The number of nitriles is 1. The minimum atomic E-state index is -2.73. The predicted molar refractivity (Wildman–Crippen MR) is 91.7 cm³/mol. The first-order valence-corrected chi connectivity index (χ1v) is 9.10. The predicted octanol–water partition coefficient (Wildman–Crippen LogP) is 2.65. The van der Waals surface area contributed by atoms with Crippen molar-refractivity contribution in [1.29, 1.82) is 5.26 Å². The maximum absolute atomic E-state index is 12.1. The van der Waals surface area contributed by atoms with Crippen LogP contribution in [0.1, 0.15) is 24.0 Å². The van der Waals surface area contributed by atoms with Gasteiger partial charge in [-0.3, -0.25) is 5.01 Å². The Bertz CT molecular complexity index is 765. The van der Waals surface area contributed by atoms with Crippen molar-refractivity contribution < 1.29 is 23.0 Å². The zero-order valence-corrected chi connectivity index (χ0v) is 14.8. The molecule has 27 heavy (non-hydrogen) atoms. The monoisotopic (exact) mass is 377 g/mol. The second-order valence-electron chi connectivity index (χ2n) is 6.84. The van der Waals surface area contributed by atoms with Crippen molar-refractivity contribution in [3.05, 3.63) is 41.3 Å². The first-order valence-electron chi connectivity index (χ1n) is 9.10. The zero-order valence-electron chi connectivity index (χ0n) is 14.8. The molecule has 3 aliphatic rings. The molecule has 1 aromatic carbocycles. The molecule has 0 bridgehead atoms. The molecular formula is C19H21F2N3O3. The molecule has 3 aliphatic heterocycles. The molecule has 0 aliphatic carbocycles. The van der Waals surface area contributed by atoms with Gasteiger partial charge in [-0.1, -0.05) is 0 Å². The quantitative estimate of drug-likeness (QED) is 0.786. The SMILES string of the molecule is N#Cc1ccc2c(c1)C[C@@H](N1CC=C3OC(CCOC(F)F)CCN31)CO2. The van der Waals surface area contributed by atoms with E-state index in [4.69, 9.17) is 14.7 Å². The van der Waals surface area contributed by atoms with Crippen LogP contribution >= 0.6 is 0 Å². The number of benzene rings is 1. The van der Waals surface area contributed by atoms with E-state index in [1.165, 1.54) is 0 Å². The number of hydrogen-bond donors (Lipinski definition) is 0. The minimum absolute atomic E-state index is 0.00615. The van der Waals surface area contributed by atoms with Crippen molar-refractivity contribution in [2.45, 2.75) is 38.0 Å². The van der Waals surface area contributed by atoms with Gasteiger partial charge in [0.1, 0.15) is 18.5 Å². The fourth-order valence-electron chi connectivity index (χ4n) is 3.82. The van der Waals surface area contributed by atoms with Gasteiger partial charge in [0.15, 0.2) is 0 Å². The maximum Gasteiger partial charge on any atom is 0.345 e. The molecule has 1 saturated heterocycles. The largest absolute Gasteiger partial charge is 0.492 e. The number of halogens is 2. The van der Waals surface area contributed by atoms with Gasteiger partial charge in [0.25, 0.3) is 0 Å². The second kappa shape index (κ2) is 7.71. The molecule has 4 rings (SSSR count). The van der Waals surface area contributed by atoms with Gasteiger partial charge in [0.2, 0.25) is 5.88 Å². The lowest BCUT2D eigenvalue weighted by molar-refractivity contribution is -0.145. The van der Waals surface area contributed by atoms with Crippen LogP contribution in [0.25, 0.3) is 0 Å². The molecule has 8 heteroatoms. The number of nitrogens with zero attached hydrogens (tertiary/aromatic N) is 3. The van der Waals surface area contributed by atoms with Crippen molar-refractivity contribution in [2.75, 3.05) is 26.3 Å². The molecule has 6 nitrogen and oxygen atoms in total. The van der Waals surface area contributed by atoms with Crippen LogP contribution in [-0.4, -0.2) is 55.1 Å². The van der Waals surface area contributed by atoms with E-state index >= 15 is 0 Å². The Morgan fingerprint density at radius 2 is 2.26 bits per heavy atom. The van der Waals surface area contributed by atoms with Crippen molar-refractivity contribution in [3.8, 4) is 11.8 Å². The number of hydrogen-bond acceptors (Lipinski definition) is 6. The molecule has 0 aromatic heterocycles.